The van der Waals surface area contributed by atoms with Crippen molar-refractivity contribution in [3.8, 4) is 5.88 Å². The molecule has 1 saturated heterocycles. The number of nitrogens with one attached hydrogen (secondary N) is 1. The maximum Gasteiger partial charge on any atom is 0.267 e. The number of hydrogen-bond acceptors (Lipinski definition) is 7. The Morgan fingerprint density at radius 3 is 2.73 bits per heavy atom. The number of aromatic nitrogens is 2. The third-order valence-electron chi connectivity index (χ3n) is 6.76. The molecule has 33 heavy (non-hydrogen) atoms. The molecule has 3 heterocycles. The standard InChI is InChI=1S/C22H25F2N5O3S/c1-12-16(33-20(27-12)29-6-4-22(23,24)11-29)18(31)28-13-7-21(8-13)9-14(10-21)32-19-15(17(25)30)3-2-5-26-19/h2-3,5,13-14H,4,6-11H2,1H3,(H2,25,30)(H,28,31). The zero-order valence-electron chi connectivity index (χ0n) is 18.1. The first-order chi connectivity index (χ1) is 15.6. The highest BCUT2D eigenvalue weighted by molar-refractivity contribution is 7.17. The van der Waals surface area contributed by atoms with Gasteiger partial charge in [0, 0.05) is 25.2 Å². The fraction of sp³-hybridized carbons (Fsp3) is 0.545. The van der Waals surface area contributed by atoms with Crippen molar-refractivity contribution in [3.05, 3.63) is 34.5 Å². The molecule has 3 N–H and O–H groups in total. The summed E-state index contributed by atoms with van der Waals surface area (Å²) < 4.78 is 32.9. The second kappa shape index (κ2) is 7.89. The molecule has 1 aliphatic heterocycles. The van der Waals surface area contributed by atoms with Gasteiger partial charge in [-0.05, 0) is 50.2 Å². The van der Waals surface area contributed by atoms with E-state index < -0.39 is 11.8 Å². The van der Waals surface area contributed by atoms with E-state index in [0.29, 0.717) is 15.7 Å². The number of halogens is 2. The molecule has 5 rings (SSSR count). The van der Waals surface area contributed by atoms with Crippen LogP contribution in [0.1, 0.15) is 57.8 Å². The van der Waals surface area contributed by atoms with Crippen LogP contribution in [-0.2, 0) is 0 Å². The summed E-state index contributed by atoms with van der Waals surface area (Å²) >= 11 is 1.17. The molecule has 2 aromatic heterocycles. The Morgan fingerprint density at radius 1 is 1.30 bits per heavy atom. The Morgan fingerprint density at radius 2 is 2.06 bits per heavy atom. The van der Waals surface area contributed by atoms with Gasteiger partial charge in [0.15, 0.2) is 5.13 Å². The van der Waals surface area contributed by atoms with Gasteiger partial charge >= 0.3 is 0 Å². The molecule has 2 aliphatic carbocycles. The summed E-state index contributed by atoms with van der Waals surface area (Å²) in [5, 5.41) is 3.53. The van der Waals surface area contributed by atoms with E-state index >= 15 is 0 Å². The monoisotopic (exact) mass is 477 g/mol. The lowest BCUT2D eigenvalue weighted by Gasteiger charge is -2.57. The van der Waals surface area contributed by atoms with Crippen LogP contribution >= 0.6 is 11.3 Å². The number of hydrogen-bond donors (Lipinski definition) is 2. The molecule has 2 amide bonds. The summed E-state index contributed by atoms with van der Waals surface area (Å²) in [6.45, 7) is 1.63. The summed E-state index contributed by atoms with van der Waals surface area (Å²) in [6.07, 6.45) is 4.72. The number of nitrogens with two attached hydrogens (primary N) is 1. The Labute approximate surface area is 193 Å². The zero-order chi connectivity index (χ0) is 23.4. The van der Waals surface area contributed by atoms with Crippen LogP contribution in [0.2, 0.25) is 0 Å². The van der Waals surface area contributed by atoms with Crippen molar-refractivity contribution >= 4 is 28.3 Å². The van der Waals surface area contributed by atoms with Crippen LogP contribution in [0.5, 0.6) is 5.88 Å². The van der Waals surface area contributed by atoms with Crippen molar-refractivity contribution in [1.29, 1.82) is 0 Å². The maximum atomic E-state index is 13.5. The smallest absolute Gasteiger partial charge is 0.267 e. The Bertz CT molecular complexity index is 1090. The van der Waals surface area contributed by atoms with Gasteiger partial charge in [0.05, 0.1) is 12.2 Å². The van der Waals surface area contributed by atoms with Gasteiger partial charge in [-0.25, -0.2) is 18.7 Å². The molecule has 8 nitrogen and oxygen atoms in total. The van der Waals surface area contributed by atoms with Gasteiger partial charge in [0.2, 0.25) is 5.88 Å². The summed E-state index contributed by atoms with van der Waals surface area (Å²) in [5.74, 6) is -3.21. The second-order valence-corrected chi connectivity index (χ2v) is 10.4. The first-order valence-electron chi connectivity index (χ1n) is 11.0. The highest BCUT2D eigenvalue weighted by Crippen LogP contribution is 2.56. The first kappa shape index (κ1) is 22.0. The highest BCUT2D eigenvalue weighted by Gasteiger charge is 2.54. The van der Waals surface area contributed by atoms with Crippen LogP contribution in [0.3, 0.4) is 0 Å². The minimum absolute atomic E-state index is 0.0282. The molecule has 0 aromatic carbocycles. The molecular formula is C22H25F2N5O3S. The van der Waals surface area contributed by atoms with Gasteiger partial charge < -0.3 is 20.7 Å². The van der Waals surface area contributed by atoms with E-state index in [1.54, 1.807) is 30.2 Å². The van der Waals surface area contributed by atoms with E-state index in [-0.39, 0.29) is 54.4 Å². The van der Waals surface area contributed by atoms with Gasteiger partial charge in [0.1, 0.15) is 16.5 Å². The van der Waals surface area contributed by atoms with Crippen LogP contribution < -0.4 is 20.7 Å². The average Bonchev–Trinajstić information content (AvgIpc) is 3.26. The number of rotatable bonds is 6. The number of amides is 2. The molecule has 2 saturated carbocycles. The Kier molecular flexibility index (Phi) is 5.26. The lowest BCUT2D eigenvalue weighted by Crippen LogP contribution is -2.58. The molecule has 3 fully saturated rings. The number of carbonyl (C=O) groups excluding carboxylic acids is 2. The Hall–Kier alpha value is -2.82. The van der Waals surface area contributed by atoms with E-state index in [2.05, 4.69) is 15.3 Å². The third kappa shape index (κ3) is 4.25. The summed E-state index contributed by atoms with van der Waals surface area (Å²) in [4.78, 5) is 34.8. The molecule has 0 radical (unpaired) electrons. The zero-order valence-corrected chi connectivity index (χ0v) is 19.0. The highest BCUT2D eigenvalue weighted by atomic mass is 32.1. The van der Waals surface area contributed by atoms with Gasteiger partial charge in [-0.2, -0.15) is 0 Å². The summed E-state index contributed by atoms with van der Waals surface area (Å²) in [6, 6.07) is 3.30. The molecule has 1 spiro atoms. The normalized spacial score (nSPS) is 27.7. The summed E-state index contributed by atoms with van der Waals surface area (Å²) in [7, 11) is 0. The largest absolute Gasteiger partial charge is 0.474 e. The number of ether oxygens (including phenoxy) is 1. The number of nitrogens with zero attached hydrogens (tertiary/aromatic N) is 3. The van der Waals surface area contributed by atoms with Crippen molar-refractivity contribution < 1.29 is 23.1 Å². The molecule has 0 atom stereocenters. The van der Waals surface area contributed by atoms with E-state index in [1.807, 2.05) is 0 Å². The van der Waals surface area contributed by atoms with E-state index in [9.17, 15) is 18.4 Å². The maximum absolute atomic E-state index is 13.5. The summed E-state index contributed by atoms with van der Waals surface area (Å²) in [5.41, 5.74) is 6.35. The van der Waals surface area contributed by atoms with Crippen molar-refractivity contribution in [3.63, 3.8) is 0 Å². The SMILES string of the molecule is Cc1nc(N2CCC(F)(F)C2)sc1C(=O)NC1CC2(C1)CC(Oc1ncccc1C(N)=O)C2. The van der Waals surface area contributed by atoms with Crippen LogP contribution in [0.4, 0.5) is 13.9 Å². The van der Waals surface area contributed by atoms with Crippen LogP contribution in [0.25, 0.3) is 0 Å². The van der Waals surface area contributed by atoms with E-state index in [4.69, 9.17) is 10.5 Å². The molecular weight excluding hydrogens is 452 g/mol. The molecule has 2 aromatic rings. The van der Waals surface area contributed by atoms with Gasteiger partial charge in [-0.3, -0.25) is 9.59 Å². The number of alkyl halides is 2. The second-order valence-electron chi connectivity index (χ2n) is 9.39. The van der Waals surface area contributed by atoms with Crippen molar-refractivity contribution in [2.24, 2.45) is 11.1 Å². The van der Waals surface area contributed by atoms with Gasteiger partial charge in [-0.15, -0.1) is 0 Å². The number of aryl methyl sites for hydroxylation is 1. The predicted octanol–water partition coefficient (Wildman–Crippen LogP) is 2.91. The number of primary amides is 1. The average molecular weight is 478 g/mol. The minimum atomic E-state index is -2.70. The third-order valence-corrected chi connectivity index (χ3v) is 7.98. The Balaban J connectivity index is 1.12. The fourth-order valence-electron chi connectivity index (χ4n) is 5.12. The molecule has 3 aliphatic rings. The number of pyridine rings is 1. The quantitative estimate of drug-likeness (QED) is 0.662. The van der Waals surface area contributed by atoms with Gasteiger partial charge in [-0.1, -0.05) is 11.3 Å². The molecule has 11 heteroatoms. The molecule has 0 unspecified atom stereocenters. The topological polar surface area (TPSA) is 110 Å². The van der Waals surface area contributed by atoms with Crippen LogP contribution in [0.15, 0.2) is 18.3 Å². The molecule has 176 valence electrons. The van der Waals surface area contributed by atoms with Crippen molar-refractivity contribution in [1.82, 2.24) is 15.3 Å². The fourth-order valence-corrected chi connectivity index (χ4v) is 6.11. The predicted molar refractivity (Wildman–Crippen MR) is 118 cm³/mol. The molecule has 0 bridgehead atoms. The van der Waals surface area contributed by atoms with Crippen molar-refractivity contribution in [2.75, 3.05) is 18.0 Å². The minimum Gasteiger partial charge on any atom is -0.474 e. The number of thiazole rings is 1. The number of anilines is 1. The lowest BCUT2D eigenvalue weighted by molar-refractivity contribution is -0.0848. The van der Waals surface area contributed by atoms with Crippen LogP contribution in [-0.4, -0.2) is 52.9 Å². The van der Waals surface area contributed by atoms with Crippen LogP contribution in [0, 0.1) is 12.3 Å². The number of carbonyl (C=O) groups is 2. The van der Waals surface area contributed by atoms with Gasteiger partial charge in [0.25, 0.3) is 17.7 Å². The lowest BCUT2D eigenvalue weighted by atomic mass is 9.53. The van der Waals surface area contributed by atoms with E-state index in [0.717, 1.165) is 25.7 Å². The van der Waals surface area contributed by atoms with Crippen molar-refractivity contribution in [2.45, 2.75) is 57.1 Å². The first-order valence-corrected chi connectivity index (χ1v) is 11.8. The van der Waals surface area contributed by atoms with E-state index in [1.165, 1.54) is 11.3 Å².